The molecule has 0 saturated carbocycles. The van der Waals surface area contributed by atoms with Gasteiger partial charge in [0.1, 0.15) is 17.1 Å². The molecule has 0 aliphatic rings. The maximum atomic E-state index is 12.4. The van der Waals surface area contributed by atoms with E-state index in [1.54, 1.807) is 19.1 Å². The molecule has 27 heavy (non-hydrogen) atoms. The van der Waals surface area contributed by atoms with Gasteiger partial charge in [0.05, 0.1) is 11.9 Å². The van der Waals surface area contributed by atoms with E-state index in [4.69, 9.17) is 0 Å². The molecule has 1 amide bonds. The fourth-order valence-electron chi connectivity index (χ4n) is 2.15. The number of aromatic nitrogens is 5. The number of halogens is 1. The van der Waals surface area contributed by atoms with Crippen molar-refractivity contribution < 1.29 is 9.90 Å². The number of rotatable bonds is 4. The first-order valence-corrected chi connectivity index (χ1v) is 8.47. The first-order chi connectivity index (χ1) is 12.8. The number of benzene rings is 1. The van der Waals surface area contributed by atoms with Gasteiger partial charge < -0.3 is 5.11 Å². The summed E-state index contributed by atoms with van der Waals surface area (Å²) in [5.74, 6) is -0.549. The molecule has 10 nitrogen and oxygen atoms in total. The van der Waals surface area contributed by atoms with Crippen molar-refractivity contribution in [2.75, 3.05) is 0 Å². The molecule has 2 heterocycles. The molecule has 2 aromatic heterocycles. The fourth-order valence-corrected chi connectivity index (χ4v) is 2.53. The van der Waals surface area contributed by atoms with Crippen molar-refractivity contribution in [1.29, 1.82) is 0 Å². The first kappa shape index (κ1) is 18.5. The number of carbonyl (C=O) groups is 1. The molecule has 0 unspecified atom stereocenters. The van der Waals surface area contributed by atoms with Crippen LogP contribution in [-0.4, -0.2) is 42.2 Å². The molecular formula is C16H14BrN7O3. The monoisotopic (exact) mass is 431 g/mol. The normalized spacial score (nSPS) is 11.1. The molecule has 3 aromatic rings. The van der Waals surface area contributed by atoms with Gasteiger partial charge in [-0.3, -0.25) is 14.6 Å². The standard InChI is InChI=1S/C16H14BrN7O3/c1-8-5-12(24(23-8)16-19-14(26)9(2)20-22-16)15(27)21-18-7-10-6-11(17)3-4-13(10)25/h3-7,25H,1-2H3,(H,21,27)(H,19,22,26)/b18-7-. The van der Waals surface area contributed by atoms with Crippen LogP contribution >= 0.6 is 15.9 Å². The molecular weight excluding hydrogens is 418 g/mol. The number of aromatic amines is 1. The van der Waals surface area contributed by atoms with Crippen molar-refractivity contribution in [3.05, 3.63) is 61.7 Å². The Kier molecular flexibility index (Phi) is 5.12. The summed E-state index contributed by atoms with van der Waals surface area (Å²) in [5, 5.41) is 25.4. The van der Waals surface area contributed by atoms with Crippen LogP contribution in [0.15, 0.2) is 38.6 Å². The molecule has 0 saturated heterocycles. The number of hydrogen-bond acceptors (Lipinski definition) is 7. The molecule has 0 atom stereocenters. The summed E-state index contributed by atoms with van der Waals surface area (Å²) in [5.41, 5.74) is 3.19. The average molecular weight is 432 g/mol. The van der Waals surface area contributed by atoms with Gasteiger partial charge in [-0.25, -0.2) is 5.43 Å². The minimum absolute atomic E-state index is 0.0115. The summed E-state index contributed by atoms with van der Waals surface area (Å²) in [4.78, 5) is 26.7. The molecule has 0 spiro atoms. The summed E-state index contributed by atoms with van der Waals surface area (Å²) < 4.78 is 1.92. The highest BCUT2D eigenvalue weighted by Crippen LogP contribution is 2.19. The van der Waals surface area contributed by atoms with Gasteiger partial charge in [0, 0.05) is 10.0 Å². The van der Waals surface area contributed by atoms with Crippen molar-refractivity contribution in [3.8, 4) is 11.7 Å². The molecule has 11 heteroatoms. The quantitative estimate of drug-likeness (QED) is 0.418. The number of hydrazone groups is 1. The molecule has 3 rings (SSSR count). The Morgan fingerprint density at radius 1 is 1.33 bits per heavy atom. The zero-order valence-corrected chi connectivity index (χ0v) is 15.9. The van der Waals surface area contributed by atoms with Crippen molar-refractivity contribution >= 4 is 28.1 Å². The van der Waals surface area contributed by atoms with Crippen molar-refractivity contribution in [2.45, 2.75) is 13.8 Å². The van der Waals surface area contributed by atoms with Crippen LogP contribution in [0.5, 0.6) is 5.75 Å². The summed E-state index contributed by atoms with van der Waals surface area (Å²) in [6.45, 7) is 3.21. The first-order valence-electron chi connectivity index (χ1n) is 7.67. The van der Waals surface area contributed by atoms with Crippen LogP contribution in [0.25, 0.3) is 5.95 Å². The van der Waals surface area contributed by atoms with Crippen LogP contribution in [0.3, 0.4) is 0 Å². The predicted octanol–water partition coefficient (Wildman–Crippen LogP) is 1.20. The smallest absolute Gasteiger partial charge is 0.290 e. The highest BCUT2D eigenvalue weighted by Gasteiger charge is 2.17. The third-order valence-corrected chi connectivity index (χ3v) is 3.97. The molecule has 0 fully saturated rings. The van der Waals surface area contributed by atoms with E-state index in [9.17, 15) is 14.7 Å². The number of H-pyrrole nitrogens is 1. The van der Waals surface area contributed by atoms with E-state index in [0.29, 0.717) is 11.3 Å². The largest absolute Gasteiger partial charge is 0.507 e. The van der Waals surface area contributed by atoms with Crippen LogP contribution in [0, 0.1) is 13.8 Å². The van der Waals surface area contributed by atoms with Crippen molar-refractivity contribution in [2.24, 2.45) is 5.10 Å². The van der Waals surface area contributed by atoms with Crippen LogP contribution in [0.2, 0.25) is 0 Å². The van der Waals surface area contributed by atoms with Gasteiger partial charge >= 0.3 is 0 Å². The number of phenolic OH excluding ortho intramolecular Hbond substituents is 1. The zero-order valence-electron chi connectivity index (χ0n) is 14.3. The highest BCUT2D eigenvalue weighted by atomic mass is 79.9. The number of nitrogens with one attached hydrogen (secondary N) is 2. The Hall–Kier alpha value is -3.34. The van der Waals surface area contributed by atoms with Crippen molar-refractivity contribution in [3.63, 3.8) is 0 Å². The van der Waals surface area contributed by atoms with Crippen LogP contribution in [-0.2, 0) is 0 Å². The molecule has 1 aromatic carbocycles. The summed E-state index contributed by atoms with van der Waals surface area (Å²) in [6.07, 6.45) is 1.30. The Balaban J connectivity index is 1.85. The summed E-state index contributed by atoms with van der Waals surface area (Å²) in [7, 11) is 0. The van der Waals surface area contributed by atoms with Gasteiger partial charge in [0.25, 0.3) is 17.4 Å². The van der Waals surface area contributed by atoms with Crippen LogP contribution in [0.4, 0.5) is 0 Å². The molecule has 0 radical (unpaired) electrons. The van der Waals surface area contributed by atoms with E-state index in [1.165, 1.54) is 30.0 Å². The van der Waals surface area contributed by atoms with E-state index < -0.39 is 11.5 Å². The number of amides is 1. The van der Waals surface area contributed by atoms with E-state index in [2.05, 4.69) is 46.7 Å². The second-order valence-corrected chi connectivity index (χ2v) is 6.46. The molecule has 3 N–H and O–H groups in total. The lowest BCUT2D eigenvalue weighted by molar-refractivity contribution is 0.0947. The predicted molar refractivity (Wildman–Crippen MR) is 100 cm³/mol. The number of aromatic hydroxyl groups is 1. The summed E-state index contributed by atoms with van der Waals surface area (Å²) >= 11 is 3.29. The minimum Gasteiger partial charge on any atom is -0.507 e. The van der Waals surface area contributed by atoms with Gasteiger partial charge in [-0.1, -0.05) is 15.9 Å². The van der Waals surface area contributed by atoms with Gasteiger partial charge in [-0.05, 0) is 38.1 Å². The van der Waals surface area contributed by atoms with E-state index in [-0.39, 0.29) is 23.1 Å². The van der Waals surface area contributed by atoms with Crippen LogP contribution in [0.1, 0.15) is 27.4 Å². The summed E-state index contributed by atoms with van der Waals surface area (Å²) in [6, 6.07) is 6.33. The highest BCUT2D eigenvalue weighted by molar-refractivity contribution is 9.10. The minimum atomic E-state index is -0.579. The molecule has 0 bridgehead atoms. The van der Waals surface area contributed by atoms with E-state index in [1.807, 2.05) is 0 Å². The SMILES string of the molecule is Cc1cc(C(=O)N/N=C\c2cc(Br)ccc2O)n(-c2nnc(C)c(=O)[nH]2)n1. The Morgan fingerprint density at radius 3 is 2.85 bits per heavy atom. The molecule has 138 valence electrons. The molecule has 0 aliphatic carbocycles. The lowest BCUT2D eigenvalue weighted by Crippen LogP contribution is -2.24. The third-order valence-electron chi connectivity index (χ3n) is 3.47. The van der Waals surface area contributed by atoms with Gasteiger partial charge in [-0.2, -0.15) is 14.9 Å². The Labute approximate surface area is 161 Å². The average Bonchev–Trinajstić information content (AvgIpc) is 3.02. The Bertz CT molecular complexity index is 1100. The van der Waals surface area contributed by atoms with E-state index in [0.717, 1.165) is 4.47 Å². The third kappa shape index (κ3) is 4.08. The molecule has 0 aliphatic heterocycles. The second-order valence-electron chi connectivity index (χ2n) is 5.55. The van der Waals surface area contributed by atoms with Gasteiger partial charge in [0.15, 0.2) is 0 Å². The zero-order chi connectivity index (χ0) is 19.6. The van der Waals surface area contributed by atoms with Gasteiger partial charge in [0.2, 0.25) is 0 Å². The van der Waals surface area contributed by atoms with Crippen LogP contribution < -0.4 is 11.0 Å². The number of hydrogen-bond donors (Lipinski definition) is 3. The van der Waals surface area contributed by atoms with Crippen molar-refractivity contribution in [1.82, 2.24) is 30.4 Å². The van der Waals surface area contributed by atoms with Gasteiger partial charge in [-0.15, -0.1) is 10.2 Å². The maximum Gasteiger partial charge on any atom is 0.290 e. The number of aryl methyl sites for hydroxylation is 2. The number of carbonyl (C=O) groups excluding carboxylic acids is 1. The Morgan fingerprint density at radius 2 is 2.11 bits per heavy atom. The number of nitrogens with zero attached hydrogens (tertiary/aromatic N) is 5. The second kappa shape index (κ2) is 7.50. The maximum absolute atomic E-state index is 12.4. The van der Waals surface area contributed by atoms with E-state index >= 15 is 0 Å². The number of phenols is 1. The lowest BCUT2D eigenvalue weighted by atomic mass is 10.2. The fraction of sp³-hybridized carbons (Fsp3) is 0.125. The topological polar surface area (TPSA) is 138 Å². The lowest BCUT2D eigenvalue weighted by Gasteiger charge is -2.04.